The van der Waals surface area contributed by atoms with Gasteiger partial charge in [-0.1, -0.05) is 0 Å². The fourth-order valence-corrected chi connectivity index (χ4v) is 1.98. The fraction of sp³-hybridized carbons (Fsp3) is 0.200. The van der Waals surface area contributed by atoms with Crippen LogP contribution in [0.2, 0.25) is 0 Å². The Morgan fingerprint density at radius 1 is 1.41 bits per heavy atom. The van der Waals surface area contributed by atoms with Gasteiger partial charge in [0.15, 0.2) is 5.82 Å². The zero-order valence-electron chi connectivity index (χ0n) is 12.4. The first-order chi connectivity index (χ1) is 10.5. The smallest absolute Gasteiger partial charge is 0.254 e. The Bertz CT molecular complexity index is 733. The molecule has 114 valence electrons. The lowest BCUT2D eigenvalue weighted by atomic mass is 10.1. The van der Waals surface area contributed by atoms with Gasteiger partial charge in [-0.3, -0.25) is 19.5 Å². The van der Waals surface area contributed by atoms with Gasteiger partial charge in [-0.25, -0.2) is 9.37 Å². The number of halogens is 1. The Labute approximate surface area is 127 Å². The summed E-state index contributed by atoms with van der Waals surface area (Å²) in [5, 5.41) is 2.41. The van der Waals surface area contributed by atoms with Crippen molar-refractivity contribution in [3.05, 3.63) is 47.2 Å². The van der Waals surface area contributed by atoms with E-state index in [9.17, 15) is 14.0 Å². The van der Waals surface area contributed by atoms with Gasteiger partial charge in [-0.15, -0.1) is 0 Å². The van der Waals surface area contributed by atoms with Gasteiger partial charge in [0.25, 0.3) is 5.91 Å². The Kier molecular flexibility index (Phi) is 4.45. The number of carbonyl (C=O) groups is 2. The van der Waals surface area contributed by atoms with E-state index < -0.39 is 11.7 Å². The molecular formula is C15H15FN4O2. The molecule has 0 spiro atoms. The number of amides is 2. The van der Waals surface area contributed by atoms with Crippen LogP contribution in [0.1, 0.15) is 21.6 Å². The largest absolute Gasteiger partial charge is 0.355 e. The number of nitrogens with one attached hydrogen (secondary N) is 1. The molecule has 0 fully saturated rings. The first-order valence-electron chi connectivity index (χ1n) is 6.54. The summed E-state index contributed by atoms with van der Waals surface area (Å²) in [5.41, 5.74) is 1.31. The number of nitrogens with zero attached hydrogens (tertiary/aromatic N) is 3. The molecule has 0 saturated heterocycles. The van der Waals surface area contributed by atoms with Gasteiger partial charge in [0.2, 0.25) is 6.41 Å². The van der Waals surface area contributed by atoms with E-state index in [-0.39, 0.29) is 17.1 Å². The van der Waals surface area contributed by atoms with Crippen molar-refractivity contribution in [3.63, 3.8) is 0 Å². The molecule has 0 aliphatic rings. The quantitative estimate of drug-likeness (QED) is 0.875. The van der Waals surface area contributed by atoms with Crippen molar-refractivity contribution >= 4 is 23.8 Å². The third-order valence-electron chi connectivity index (χ3n) is 3.21. The molecule has 0 saturated carbocycles. The van der Waals surface area contributed by atoms with Gasteiger partial charge in [0.05, 0.1) is 23.1 Å². The van der Waals surface area contributed by atoms with Gasteiger partial charge < -0.3 is 5.32 Å². The van der Waals surface area contributed by atoms with Crippen LogP contribution in [0.5, 0.6) is 0 Å². The summed E-state index contributed by atoms with van der Waals surface area (Å²) < 4.78 is 13.7. The Hall–Kier alpha value is -2.83. The molecule has 0 bridgehead atoms. The normalized spacial score (nSPS) is 10.2. The third kappa shape index (κ3) is 2.78. The number of aryl methyl sites for hydroxylation is 2. The van der Waals surface area contributed by atoms with Crippen LogP contribution in [-0.2, 0) is 4.79 Å². The second kappa shape index (κ2) is 6.30. The van der Waals surface area contributed by atoms with Gasteiger partial charge in [0.1, 0.15) is 5.82 Å². The fourth-order valence-electron chi connectivity index (χ4n) is 1.98. The second-order valence-electron chi connectivity index (χ2n) is 4.64. The number of rotatable bonds is 4. The van der Waals surface area contributed by atoms with E-state index in [1.807, 2.05) is 0 Å². The molecule has 2 aromatic heterocycles. The lowest BCUT2D eigenvalue weighted by molar-refractivity contribution is -0.106. The summed E-state index contributed by atoms with van der Waals surface area (Å²) in [5.74, 6) is -1.09. The number of hydrogen-bond acceptors (Lipinski definition) is 4. The molecule has 22 heavy (non-hydrogen) atoms. The maximum atomic E-state index is 13.7. The molecule has 7 heteroatoms. The highest BCUT2D eigenvalue weighted by Gasteiger charge is 2.22. The highest BCUT2D eigenvalue weighted by atomic mass is 19.1. The minimum atomic E-state index is -0.615. The van der Waals surface area contributed by atoms with Gasteiger partial charge in [-0.05, 0) is 31.5 Å². The summed E-state index contributed by atoms with van der Waals surface area (Å²) in [6.07, 6.45) is 3.60. The predicted molar refractivity (Wildman–Crippen MR) is 79.5 cm³/mol. The first-order valence-corrected chi connectivity index (χ1v) is 6.54. The van der Waals surface area contributed by atoms with Crippen molar-refractivity contribution in [1.82, 2.24) is 15.3 Å². The molecule has 2 heterocycles. The summed E-state index contributed by atoms with van der Waals surface area (Å²) in [6, 6.07) is 2.79. The van der Waals surface area contributed by atoms with Gasteiger partial charge >= 0.3 is 0 Å². The summed E-state index contributed by atoms with van der Waals surface area (Å²) in [4.78, 5) is 32.7. The van der Waals surface area contributed by atoms with E-state index >= 15 is 0 Å². The third-order valence-corrected chi connectivity index (χ3v) is 3.21. The highest BCUT2D eigenvalue weighted by Crippen LogP contribution is 2.28. The van der Waals surface area contributed by atoms with Crippen molar-refractivity contribution in [2.45, 2.75) is 13.8 Å². The van der Waals surface area contributed by atoms with Crippen molar-refractivity contribution in [2.24, 2.45) is 0 Å². The number of pyridine rings is 2. The summed E-state index contributed by atoms with van der Waals surface area (Å²) in [7, 11) is 1.42. The van der Waals surface area contributed by atoms with E-state index in [0.717, 1.165) is 11.6 Å². The Morgan fingerprint density at radius 2 is 2.14 bits per heavy atom. The standard InChI is InChI=1S/C15H15FN4O2/c1-9-4-5-18-7-13(9)20(8-21)14-11(15(22)17-3)6-12(16)10(2)19-14/h4-8H,1-3H3,(H,17,22). The van der Waals surface area contributed by atoms with Crippen LogP contribution in [-0.4, -0.2) is 29.3 Å². The van der Waals surface area contributed by atoms with E-state index in [0.29, 0.717) is 12.1 Å². The van der Waals surface area contributed by atoms with Crippen LogP contribution < -0.4 is 10.2 Å². The molecule has 0 aromatic carbocycles. The number of anilines is 2. The minimum absolute atomic E-state index is 0.0269. The molecule has 0 aliphatic carbocycles. The molecule has 2 amide bonds. The second-order valence-corrected chi connectivity index (χ2v) is 4.64. The van der Waals surface area contributed by atoms with Crippen molar-refractivity contribution < 1.29 is 14.0 Å². The highest BCUT2D eigenvalue weighted by molar-refractivity contribution is 6.02. The molecule has 2 aromatic rings. The van der Waals surface area contributed by atoms with Crippen LogP contribution in [0, 0.1) is 19.7 Å². The molecule has 6 nitrogen and oxygen atoms in total. The molecule has 1 N–H and O–H groups in total. The van der Waals surface area contributed by atoms with Crippen LogP contribution in [0.15, 0.2) is 24.5 Å². The zero-order chi connectivity index (χ0) is 16.3. The summed E-state index contributed by atoms with van der Waals surface area (Å²) >= 11 is 0. The monoisotopic (exact) mass is 302 g/mol. The van der Waals surface area contributed by atoms with Crippen LogP contribution in [0.3, 0.4) is 0 Å². The number of carbonyl (C=O) groups excluding carboxylic acids is 2. The maximum Gasteiger partial charge on any atom is 0.254 e. The van der Waals surface area contributed by atoms with E-state index in [1.54, 1.807) is 19.2 Å². The van der Waals surface area contributed by atoms with Gasteiger partial charge in [-0.2, -0.15) is 0 Å². The van der Waals surface area contributed by atoms with Crippen LogP contribution in [0.25, 0.3) is 0 Å². The van der Waals surface area contributed by atoms with E-state index in [1.165, 1.54) is 25.1 Å². The van der Waals surface area contributed by atoms with Crippen LogP contribution >= 0.6 is 0 Å². The molecule has 0 unspecified atom stereocenters. The molecule has 0 radical (unpaired) electrons. The average molecular weight is 302 g/mol. The molecular weight excluding hydrogens is 287 g/mol. The lowest BCUT2D eigenvalue weighted by Crippen LogP contribution is -2.25. The topological polar surface area (TPSA) is 75.2 Å². The van der Waals surface area contributed by atoms with Crippen molar-refractivity contribution in [3.8, 4) is 0 Å². The minimum Gasteiger partial charge on any atom is -0.355 e. The number of hydrogen-bond donors (Lipinski definition) is 1. The predicted octanol–water partition coefficient (Wildman–Crippen LogP) is 1.89. The first kappa shape index (κ1) is 15.6. The average Bonchev–Trinajstić information content (AvgIpc) is 2.52. The maximum absolute atomic E-state index is 13.7. The van der Waals surface area contributed by atoms with Crippen molar-refractivity contribution in [2.75, 3.05) is 11.9 Å². The zero-order valence-corrected chi connectivity index (χ0v) is 12.4. The van der Waals surface area contributed by atoms with Gasteiger partial charge in [0, 0.05) is 13.2 Å². The Morgan fingerprint density at radius 3 is 2.73 bits per heavy atom. The van der Waals surface area contributed by atoms with E-state index in [4.69, 9.17) is 0 Å². The molecule has 2 rings (SSSR count). The lowest BCUT2D eigenvalue weighted by Gasteiger charge is -2.21. The van der Waals surface area contributed by atoms with E-state index in [2.05, 4.69) is 15.3 Å². The Balaban J connectivity index is 2.68. The molecule has 0 atom stereocenters. The SMILES string of the molecule is CNC(=O)c1cc(F)c(C)nc1N(C=O)c1cnccc1C. The number of aromatic nitrogens is 2. The van der Waals surface area contributed by atoms with Crippen molar-refractivity contribution in [1.29, 1.82) is 0 Å². The van der Waals surface area contributed by atoms with Crippen LogP contribution in [0.4, 0.5) is 15.9 Å². The molecule has 0 aliphatic heterocycles. The summed E-state index contributed by atoms with van der Waals surface area (Å²) in [6.45, 7) is 3.26.